The van der Waals surface area contributed by atoms with Crippen LogP contribution in [0.2, 0.25) is 0 Å². The topological polar surface area (TPSA) is 26.0 Å². The number of hydrogen-bond acceptors (Lipinski definition) is 2. The lowest BCUT2D eigenvalue weighted by molar-refractivity contribution is 0.222. The molecule has 3 rings (SSSR count). The molecule has 1 aromatic rings. The van der Waals surface area contributed by atoms with Crippen LogP contribution >= 0.6 is 11.8 Å². The highest BCUT2D eigenvalue weighted by Gasteiger charge is 2.35. The Morgan fingerprint density at radius 3 is 3.00 bits per heavy atom. The van der Waals surface area contributed by atoms with Crippen LogP contribution in [0.25, 0.3) is 0 Å². The van der Waals surface area contributed by atoms with Crippen LogP contribution < -0.4 is 5.73 Å². The van der Waals surface area contributed by atoms with Gasteiger partial charge >= 0.3 is 0 Å². The van der Waals surface area contributed by atoms with E-state index in [0.29, 0.717) is 5.25 Å². The molecule has 2 heteroatoms. The van der Waals surface area contributed by atoms with Crippen molar-refractivity contribution in [2.24, 2.45) is 11.7 Å². The first-order chi connectivity index (χ1) is 8.65. The van der Waals surface area contributed by atoms with Crippen molar-refractivity contribution in [3.05, 3.63) is 29.8 Å². The molecule has 3 unspecified atom stereocenters. The molecule has 2 N–H and O–H groups in total. The van der Waals surface area contributed by atoms with Crippen molar-refractivity contribution in [3.8, 4) is 0 Å². The molecule has 3 atom stereocenters. The average molecular weight is 261 g/mol. The molecule has 0 spiro atoms. The van der Waals surface area contributed by atoms with E-state index in [1.807, 2.05) is 11.8 Å². The Morgan fingerprint density at radius 1 is 1.39 bits per heavy atom. The van der Waals surface area contributed by atoms with Crippen molar-refractivity contribution >= 4 is 11.8 Å². The third-order valence-corrected chi connectivity index (χ3v) is 5.79. The number of nitrogens with two attached hydrogens (primary N) is 1. The predicted octanol–water partition coefficient (Wildman–Crippen LogP) is 4.00. The van der Waals surface area contributed by atoms with Crippen LogP contribution in [0.1, 0.15) is 44.6 Å². The van der Waals surface area contributed by atoms with Gasteiger partial charge in [-0.2, -0.15) is 0 Å². The van der Waals surface area contributed by atoms with Crippen LogP contribution in [0, 0.1) is 5.92 Å². The highest BCUT2D eigenvalue weighted by atomic mass is 32.2. The van der Waals surface area contributed by atoms with E-state index in [-0.39, 0.29) is 5.54 Å². The number of rotatable bonds is 2. The molecule has 0 bridgehead atoms. The molecule has 0 saturated heterocycles. The highest BCUT2D eigenvalue weighted by Crippen LogP contribution is 2.43. The van der Waals surface area contributed by atoms with Gasteiger partial charge in [0.1, 0.15) is 0 Å². The van der Waals surface area contributed by atoms with E-state index in [2.05, 4.69) is 31.2 Å². The zero-order valence-electron chi connectivity index (χ0n) is 11.2. The lowest BCUT2D eigenvalue weighted by Gasteiger charge is -2.38. The first-order valence-electron chi connectivity index (χ1n) is 7.18. The van der Waals surface area contributed by atoms with Crippen LogP contribution in [0.15, 0.2) is 29.2 Å². The van der Waals surface area contributed by atoms with Gasteiger partial charge in [0, 0.05) is 15.7 Å². The summed E-state index contributed by atoms with van der Waals surface area (Å²) in [6.07, 6.45) is 7.55. The lowest BCUT2D eigenvalue weighted by Crippen LogP contribution is -2.45. The summed E-state index contributed by atoms with van der Waals surface area (Å²) >= 11 is 2.05. The Labute approximate surface area is 115 Å². The summed E-state index contributed by atoms with van der Waals surface area (Å²) in [4.78, 5) is 1.48. The molecule has 0 aromatic heterocycles. The van der Waals surface area contributed by atoms with Gasteiger partial charge in [0.25, 0.3) is 0 Å². The second-order valence-corrected chi connectivity index (χ2v) is 7.66. The Balaban J connectivity index is 1.65. The third-order valence-electron chi connectivity index (χ3n) is 4.47. The number of benzene rings is 1. The molecule has 1 aliphatic carbocycles. The summed E-state index contributed by atoms with van der Waals surface area (Å²) in [5.41, 5.74) is 8.29. The standard InChI is InChI=1S/C16H23NS/c1-12-5-4-8-16(17,10-12)11-14-9-13-6-2-3-7-15(13)18-14/h2-3,6-7,12,14H,4-5,8-11,17H2,1H3. The molecule has 98 valence electrons. The number of fused-ring (bicyclic) bond motifs is 1. The van der Waals surface area contributed by atoms with E-state index in [9.17, 15) is 0 Å². The Kier molecular flexibility index (Phi) is 3.42. The maximum atomic E-state index is 6.65. The number of hydrogen-bond donors (Lipinski definition) is 1. The minimum atomic E-state index is 0.109. The summed E-state index contributed by atoms with van der Waals surface area (Å²) in [5.74, 6) is 0.817. The van der Waals surface area contributed by atoms with Gasteiger partial charge in [-0.15, -0.1) is 11.8 Å². The van der Waals surface area contributed by atoms with Crippen molar-refractivity contribution in [1.82, 2.24) is 0 Å². The van der Waals surface area contributed by atoms with Crippen LogP contribution in [0.4, 0.5) is 0 Å². The van der Waals surface area contributed by atoms with Gasteiger partial charge in [-0.25, -0.2) is 0 Å². The first-order valence-corrected chi connectivity index (χ1v) is 8.06. The molecule has 1 aliphatic heterocycles. The third kappa shape index (κ3) is 2.60. The molecule has 18 heavy (non-hydrogen) atoms. The van der Waals surface area contributed by atoms with Gasteiger partial charge in [0.05, 0.1) is 0 Å². The van der Waals surface area contributed by atoms with E-state index in [1.165, 1.54) is 49.0 Å². The Morgan fingerprint density at radius 2 is 2.22 bits per heavy atom. The molecule has 1 heterocycles. The van der Waals surface area contributed by atoms with Crippen molar-refractivity contribution < 1.29 is 0 Å². The maximum absolute atomic E-state index is 6.65. The minimum absolute atomic E-state index is 0.109. The van der Waals surface area contributed by atoms with Crippen LogP contribution in [-0.2, 0) is 6.42 Å². The first kappa shape index (κ1) is 12.6. The quantitative estimate of drug-likeness (QED) is 0.870. The van der Waals surface area contributed by atoms with E-state index in [0.717, 1.165) is 5.92 Å². The average Bonchev–Trinajstić information content (AvgIpc) is 2.69. The zero-order valence-corrected chi connectivity index (χ0v) is 12.0. The van der Waals surface area contributed by atoms with Crippen LogP contribution in [0.5, 0.6) is 0 Å². The van der Waals surface area contributed by atoms with Gasteiger partial charge in [-0.05, 0) is 43.2 Å². The fraction of sp³-hybridized carbons (Fsp3) is 0.625. The summed E-state index contributed by atoms with van der Waals surface area (Å²) in [5, 5.41) is 0.706. The second kappa shape index (κ2) is 4.90. The molecule has 2 aliphatic rings. The molecule has 1 nitrogen and oxygen atoms in total. The van der Waals surface area contributed by atoms with E-state index < -0.39 is 0 Å². The van der Waals surface area contributed by atoms with Crippen molar-refractivity contribution in [3.63, 3.8) is 0 Å². The normalized spacial score (nSPS) is 35.4. The highest BCUT2D eigenvalue weighted by molar-refractivity contribution is 8.00. The molecule has 0 amide bonds. The van der Waals surface area contributed by atoms with Crippen molar-refractivity contribution in [1.29, 1.82) is 0 Å². The van der Waals surface area contributed by atoms with Gasteiger partial charge in [-0.1, -0.05) is 38.0 Å². The summed E-state index contributed by atoms with van der Waals surface area (Å²) in [6, 6.07) is 8.83. The minimum Gasteiger partial charge on any atom is -0.325 e. The maximum Gasteiger partial charge on any atom is 0.0167 e. The lowest BCUT2D eigenvalue weighted by atomic mass is 9.74. The SMILES string of the molecule is CC1CCCC(N)(CC2Cc3ccccc3S2)C1. The fourth-order valence-corrected chi connectivity index (χ4v) is 5.20. The van der Waals surface area contributed by atoms with Crippen LogP contribution in [-0.4, -0.2) is 10.8 Å². The molecular weight excluding hydrogens is 238 g/mol. The van der Waals surface area contributed by atoms with E-state index in [4.69, 9.17) is 5.73 Å². The Bertz CT molecular complexity index is 406. The van der Waals surface area contributed by atoms with Crippen molar-refractivity contribution in [2.75, 3.05) is 0 Å². The smallest absolute Gasteiger partial charge is 0.0167 e. The summed E-state index contributed by atoms with van der Waals surface area (Å²) in [7, 11) is 0. The van der Waals surface area contributed by atoms with E-state index in [1.54, 1.807) is 0 Å². The molecule has 0 radical (unpaired) electrons. The molecule has 1 saturated carbocycles. The zero-order chi connectivity index (χ0) is 12.6. The second-order valence-electron chi connectivity index (χ2n) is 6.32. The summed E-state index contributed by atoms with van der Waals surface area (Å²) < 4.78 is 0. The molecule has 1 aromatic carbocycles. The largest absolute Gasteiger partial charge is 0.325 e. The van der Waals surface area contributed by atoms with Gasteiger partial charge in [0.2, 0.25) is 0 Å². The van der Waals surface area contributed by atoms with Gasteiger partial charge in [0.15, 0.2) is 0 Å². The number of thioether (sulfide) groups is 1. The van der Waals surface area contributed by atoms with Crippen molar-refractivity contribution in [2.45, 2.75) is 61.1 Å². The Hall–Kier alpha value is -0.470. The van der Waals surface area contributed by atoms with E-state index >= 15 is 0 Å². The van der Waals surface area contributed by atoms with Gasteiger partial charge < -0.3 is 5.73 Å². The predicted molar refractivity (Wildman–Crippen MR) is 79.0 cm³/mol. The summed E-state index contributed by atoms with van der Waals surface area (Å²) in [6.45, 7) is 2.36. The van der Waals surface area contributed by atoms with Crippen LogP contribution in [0.3, 0.4) is 0 Å². The molecular formula is C16H23NS. The fourth-order valence-electron chi connectivity index (χ4n) is 3.71. The molecule has 1 fully saturated rings. The van der Waals surface area contributed by atoms with Gasteiger partial charge in [-0.3, -0.25) is 0 Å². The monoisotopic (exact) mass is 261 g/mol.